The van der Waals surface area contributed by atoms with E-state index in [2.05, 4.69) is 15.6 Å². The van der Waals surface area contributed by atoms with Crippen LogP contribution in [-0.4, -0.2) is 55.8 Å². The van der Waals surface area contributed by atoms with Gasteiger partial charge in [0.15, 0.2) is 5.69 Å². The van der Waals surface area contributed by atoms with Gasteiger partial charge in [-0.1, -0.05) is 5.21 Å². The first-order valence-corrected chi connectivity index (χ1v) is 5.66. The summed E-state index contributed by atoms with van der Waals surface area (Å²) in [5.41, 5.74) is 3.89. The molecular formula is C10H17N5O4. The summed E-state index contributed by atoms with van der Waals surface area (Å²) in [5.74, 6) is -1.68. The second kappa shape index (κ2) is 6.25. The number of nitrogens with zero attached hydrogens (tertiary/aromatic N) is 3. The maximum Gasteiger partial charge on any atom is 0.306 e. The topological polar surface area (TPSA) is 143 Å². The van der Waals surface area contributed by atoms with E-state index in [1.54, 1.807) is 0 Å². The van der Waals surface area contributed by atoms with Gasteiger partial charge in [0, 0.05) is 13.1 Å². The van der Waals surface area contributed by atoms with Gasteiger partial charge in [0.05, 0.1) is 24.8 Å². The molecule has 5 N–H and O–H groups in total. The Labute approximate surface area is 109 Å². The Morgan fingerprint density at radius 1 is 1.58 bits per heavy atom. The zero-order chi connectivity index (χ0) is 14.5. The standard InChI is InChI=1S/C10H17N5O4/c1-10(19,4-8(16)17)6-12-9(18)7-5-15(3-2-11)14-13-7/h5,19H,2-4,6,11H2,1H3,(H,12,18)(H,16,17). The number of carboxylic acid groups (broad SMARTS) is 1. The molecule has 0 saturated carbocycles. The van der Waals surface area contributed by atoms with Crippen LogP contribution in [0.1, 0.15) is 23.8 Å². The van der Waals surface area contributed by atoms with Crippen LogP contribution in [0.25, 0.3) is 0 Å². The van der Waals surface area contributed by atoms with E-state index < -0.39 is 23.9 Å². The van der Waals surface area contributed by atoms with Crippen molar-refractivity contribution in [2.45, 2.75) is 25.5 Å². The molecule has 1 rings (SSSR count). The van der Waals surface area contributed by atoms with Crippen molar-refractivity contribution >= 4 is 11.9 Å². The van der Waals surface area contributed by atoms with Gasteiger partial charge in [0.1, 0.15) is 0 Å². The highest BCUT2D eigenvalue weighted by molar-refractivity contribution is 5.91. The molecule has 1 unspecified atom stereocenters. The molecule has 1 amide bonds. The molecule has 0 fully saturated rings. The Kier molecular flexibility index (Phi) is 4.95. The number of aliphatic carboxylic acids is 1. The van der Waals surface area contributed by atoms with Crippen molar-refractivity contribution < 1.29 is 19.8 Å². The van der Waals surface area contributed by atoms with Crippen LogP contribution in [0.4, 0.5) is 0 Å². The lowest BCUT2D eigenvalue weighted by atomic mass is 10.0. The van der Waals surface area contributed by atoms with Gasteiger partial charge >= 0.3 is 5.97 Å². The Hall–Kier alpha value is -2.00. The van der Waals surface area contributed by atoms with E-state index >= 15 is 0 Å². The Bertz CT molecular complexity index is 457. The molecular weight excluding hydrogens is 254 g/mol. The van der Waals surface area contributed by atoms with Crippen molar-refractivity contribution in [3.8, 4) is 0 Å². The fraction of sp³-hybridized carbons (Fsp3) is 0.600. The molecule has 1 atom stereocenters. The van der Waals surface area contributed by atoms with Crippen LogP contribution in [0.5, 0.6) is 0 Å². The van der Waals surface area contributed by atoms with E-state index in [9.17, 15) is 14.7 Å². The largest absolute Gasteiger partial charge is 0.481 e. The fourth-order valence-electron chi connectivity index (χ4n) is 1.39. The number of hydrogen-bond donors (Lipinski definition) is 4. The second-order valence-corrected chi connectivity index (χ2v) is 4.41. The molecule has 1 heterocycles. The average molecular weight is 271 g/mol. The predicted molar refractivity (Wildman–Crippen MR) is 64.3 cm³/mol. The molecule has 19 heavy (non-hydrogen) atoms. The van der Waals surface area contributed by atoms with E-state index in [0.717, 1.165) is 0 Å². The number of carboxylic acids is 1. The van der Waals surface area contributed by atoms with E-state index in [1.807, 2.05) is 0 Å². The third-order valence-electron chi connectivity index (χ3n) is 2.29. The molecule has 0 aliphatic heterocycles. The highest BCUT2D eigenvalue weighted by Crippen LogP contribution is 2.07. The molecule has 9 nitrogen and oxygen atoms in total. The molecule has 0 bridgehead atoms. The summed E-state index contributed by atoms with van der Waals surface area (Å²) in [6.45, 7) is 1.95. The van der Waals surface area contributed by atoms with E-state index in [4.69, 9.17) is 10.8 Å². The predicted octanol–water partition coefficient (Wildman–Crippen LogP) is -1.81. The molecule has 0 saturated heterocycles. The van der Waals surface area contributed by atoms with Crippen molar-refractivity contribution in [2.75, 3.05) is 13.1 Å². The number of aromatic nitrogens is 3. The SMILES string of the molecule is CC(O)(CNC(=O)c1cn(CCN)nn1)CC(=O)O. The monoisotopic (exact) mass is 271 g/mol. The van der Waals surface area contributed by atoms with Crippen LogP contribution in [0.15, 0.2) is 6.20 Å². The minimum Gasteiger partial charge on any atom is -0.481 e. The van der Waals surface area contributed by atoms with Crippen LogP contribution in [-0.2, 0) is 11.3 Å². The zero-order valence-electron chi connectivity index (χ0n) is 10.5. The van der Waals surface area contributed by atoms with Gasteiger partial charge in [-0.2, -0.15) is 0 Å². The molecule has 0 aromatic carbocycles. The smallest absolute Gasteiger partial charge is 0.306 e. The maximum absolute atomic E-state index is 11.7. The maximum atomic E-state index is 11.7. The average Bonchev–Trinajstić information content (AvgIpc) is 2.73. The first-order chi connectivity index (χ1) is 8.84. The minimum atomic E-state index is -1.52. The quantitative estimate of drug-likeness (QED) is 0.457. The molecule has 106 valence electrons. The van der Waals surface area contributed by atoms with E-state index in [1.165, 1.54) is 17.8 Å². The van der Waals surface area contributed by atoms with E-state index in [-0.39, 0.29) is 12.2 Å². The van der Waals surface area contributed by atoms with Crippen molar-refractivity contribution in [1.82, 2.24) is 20.3 Å². The first kappa shape index (κ1) is 15.1. The Morgan fingerprint density at radius 2 is 2.26 bits per heavy atom. The van der Waals surface area contributed by atoms with Gasteiger partial charge in [-0.05, 0) is 6.92 Å². The lowest BCUT2D eigenvalue weighted by Gasteiger charge is -2.20. The van der Waals surface area contributed by atoms with Crippen molar-refractivity contribution in [1.29, 1.82) is 0 Å². The van der Waals surface area contributed by atoms with Crippen LogP contribution in [0.2, 0.25) is 0 Å². The Morgan fingerprint density at radius 3 is 2.84 bits per heavy atom. The Balaban J connectivity index is 2.52. The molecule has 0 aliphatic rings. The second-order valence-electron chi connectivity index (χ2n) is 4.41. The summed E-state index contributed by atoms with van der Waals surface area (Å²) in [5, 5.41) is 28.0. The molecule has 0 spiro atoms. The fourth-order valence-corrected chi connectivity index (χ4v) is 1.39. The molecule has 1 aromatic heterocycles. The van der Waals surface area contributed by atoms with Crippen molar-refractivity contribution in [3.05, 3.63) is 11.9 Å². The van der Waals surface area contributed by atoms with Gasteiger partial charge in [-0.15, -0.1) is 5.10 Å². The number of hydrogen-bond acceptors (Lipinski definition) is 6. The zero-order valence-corrected chi connectivity index (χ0v) is 10.5. The summed E-state index contributed by atoms with van der Waals surface area (Å²) >= 11 is 0. The van der Waals surface area contributed by atoms with Gasteiger partial charge < -0.3 is 21.3 Å². The first-order valence-electron chi connectivity index (χ1n) is 5.66. The van der Waals surface area contributed by atoms with E-state index in [0.29, 0.717) is 13.1 Å². The summed E-state index contributed by atoms with van der Waals surface area (Å²) in [7, 11) is 0. The summed E-state index contributed by atoms with van der Waals surface area (Å²) in [6.07, 6.45) is 0.960. The van der Waals surface area contributed by atoms with Crippen LogP contribution >= 0.6 is 0 Å². The van der Waals surface area contributed by atoms with Gasteiger partial charge in [0.25, 0.3) is 5.91 Å². The lowest BCUT2D eigenvalue weighted by Crippen LogP contribution is -2.42. The third kappa shape index (κ3) is 5.02. The van der Waals surface area contributed by atoms with Crippen LogP contribution in [0, 0.1) is 0 Å². The molecule has 0 aliphatic carbocycles. The molecule has 1 aromatic rings. The normalized spacial score (nSPS) is 13.8. The van der Waals surface area contributed by atoms with Gasteiger partial charge in [-0.25, -0.2) is 0 Å². The highest BCUT2D eigenvalue weighted by Gasteiger charge is 2.25. The van der Waals surface area contributed by atoms with Crippen LogP contribution in [0.3, 0.4) is 0 Å². The number of nitrogens with two attached hydrogens (primary N) is 1. The highest BCUT2D eigenvalue weighted by atomic mass is 16.4. The lowest BCUT2D eigenvalue weighted by molar-refractivity contribution is -0.141. The van der Waals surface area contributed by atoms with Gasteiger partial charge in [0.2, 0.25) is 0 Å². The number of nitrogens with one attached hydrogen (secondary N) is 1. The summed E-state index contributed by atoms with van der Waals surface area (Å²) in [4.78, 5) is 22.2. The summed E-state index contributed by atoms with van der Waals surface area (Å²) < 4.78 is 1.42. The number of carbonyl (C=O) groups excluding carboxylic acids is 1. The number of carbonyl (C=O) groups is 2. The summed E-state index contributed by atoms with van der Waals surface area (Å²) in [6, 6.07) is 0. The minimum absolute atomic E-state index is 0.0829. The molecule has 9 heteroatoms. The number of aliphatic hydroxyl groups is 1. The van der Waals surface area contributed by atoms with Crippen molar-refractivity contribution in [3.63, 3.8) is 0 Å². The van der Waals surface area contributed by atoms with Crippen molar-refractivity contribution in [2.24, 2.45) is 5.73 Å². The third-order valence-corrected chi connectivity index (χ3v) is 2.29. The number of amides is 1. The van der Waals surface area contributed by atoms with Gasteiger partial charge in [-0.3, -0.25) is 14.3 Å². The molecule has 0 radical (unpaired) electrons. The number of rotatable bonds is 7. The van der Waals surface area contributed by atoms with Crippen LogP contribution < -0.4 is 11.1 Å².